The standard InChI is InChI=1S/C23H26N2O4/c1-14(2)12-25-19-11-18(8-9-20(19)29-17(5)23(25)27)24-22(26)13-28-21-10-15(3)6-7-16(21)4/h6-11,17H,1,12-13H2,2-5H3,(H,24,26). The summed E-state index contributed by atoms with van der Waals surface area (Å²) in [4.78, 5) is 26.5. The van der Waals surface area contributed by atoms with Crippen molar-refractivity contribution in [2.24, 2.45) is 0 Å². The third-order valence-corrected chi connectivity index (χ3v) is 4.58. The Bertz CT molecular complexity index is 967. The van der Waals surface area contributed by atoms with Gasteiger partial charge in [-0.3, -0.25) is 9.59 Å². The number of anilines is 2. The number of hydrogen-bond donors (Lipinski definition) is 1. The van der Waals surface area contributed by atoms with Crippen molar-refractivity contribution in [3.8, 4) is 11.5 Å². The van der Waals surface area contributed by atoms with E-state index in [0.717, 1.165) is 16.7 Å². The monoisotopic (exact) mass is 394 g/mol. The van der Waals surface area contributed by atoms with Gasteiger partial charge in [-0.1, -0.05) is 24.3 Å². The first-order valence-electron chi connectivity index (χ1n) is 9.51. The summed E-state index contributed by atoms with van der Waals surface area (Å²) in [5, 5.41) is 2.82. The molecule has 1 aliphatic rings. The molecule has 3 rings (SSSR count). The van der Waals surface area contributed by atoms with Gasteiger partial charge in [-0.2, -0.15) is 0 Å². The van der Waals surface area contributed by atoms with Gasteiger partial charge in [-0.05, 0) is 63.1 Å². The summed E-state index contributed by atoms with van der Waals surface area (Å²) in [6, 6.07) is 11.1. The second-order valence-corrected chi connectivity index (χ2v) is 7.43. The van der Waals surface area contributed by atoms with Crippen LogP contribution in [0.15, 0.2) is 48.6 Å². The van der Waals surface area contributed by atoms with Crippen LogP contribution in [0.1, 0.15) is 25.0 Å². The average molecular weight is 394 g/mol. The molecular formula is C23H26N2O4. The van der Waals surface area contributed by atoms with Gasteiger partial charge in [-0.25, -0.2) is 0 Å². The molecule has 1 N–H and O–H groups in total. The Hall–Kier alpha value is -3.28. The summed E-state index contributed by atoms with van der Waals surface area (Å²) in [6.45, 7) is 11.7. The number of nitrogens with one attached hydrogen (secondary N) is 1. The average Bonchev–Trinajstić information content (AvgIpc) is 2.66. The second kappa shape index (κ2) is 8.39. The zero-order valence-electron chi connectivity index (χ0n) is 17.2. The number of amides is 2. The quantitative estimate of drug-likeness (QED) is 0.752. The van der Waals surface area contributed by atoms with Crippen LogP contribution in [0.5, 0.6) is 11.5 Å². The van der Waals surface area contributed by atoms with E-state index in [1.165, 1.54) is 0 Å². The third kappa shape index (κ3) is 4.77. The van der Waals surface area contributed by atoms with Gasteiger partial charge in [0.25, 0.3) is 11.8 Å². The Labute approximate surface area is 171 Å². The van der Waals surface area contributed by atoms with E-state index in [2.05, 4.69) is 11.9 Å². The molecule has 0 radical (unpaired) electrons. The van der Waals surface area contributed by atoms with Crippen molar-refractivity contribution < 1.29 is 19.1 Å². The van der Waals surface area contributed by atoms with Crippen molar-refractivity contribution in [2.75, 3.05) is 23.4 Å². The molecule has 2 aromatic carbocycles. The highest BCUT2D eigenvalue weighted by Crippen LogP contribution is 2.36. The highest BCUT2D eigenvalue weighted by atomic mass is 16.5. The zero-order chi connectivity index (χ0) is 21.1. The normalized spacial score (nSPS) is 15.4. The van der Waals surface area contributed by atoms with Crippen LogP contribution in [0.4, 0.5) is 11.4 Å². The van der Waals surface area contributed by atoms with Gasteiger partial charge in [0.15, 0.2) is 12.7 Å². The number of rotatable bonds is 6. The Morgan fingerprint density at radius 2 is 2.00 bits per heavy atom. The zero-order valence-corrected chi connectivity index (χ0v) is 17.2. The first-order valence-corrected chi connectivity index (χ1v) is 9.51. The lowest BCUT2D eigenvalue weighted by Crippen LogP contribution is -2.45. The number of fused-ring (bicyclic) bond motifs is 1. The van der Waals surface area contributed by atoms with Gasteiger partial charge < -0.3 is 19.7 Å². The molecule has 0 saturated heterocycles. The number of ether oxygens (including phenoxy) is 2. The molecule has 0 spiro atoms. The molecule has 152 valence electrons. The van der Waals surface area contributed by atoms with Gasteiger partial charge in [0.1, 0.15) is 11.5 Å². The first-order chi connectivity index (χ1) is 13.7. The summed E-state index contributed by atoms with van der Waals surface area (Å²) in [5.74, 6) is 0.866. The number of nitrogens with zero attached hydrogens (tertiary/aromatic N) is 1. The minimum absolute atomic E-state index is 0.108. The van der Waals surface area contributed by atoms with Crippen molar-refractivity contribution in [1.29, 1.82) is 0 Å². The predicted octanol–water partition coefficient (Wildman–Crippen LogP) is 4.01. The lowest BCUT2D eigenvalue weighted by Gasteiger charge is -2.33. The molecule has 6 nitrogen and oxygen atoms in total. The smallest absolute Gasteiger partial charge is 0.268 e. The molecule has 0 fully saturated rings. The fourth-order valence-electron chi connectivity index (χ4n) is 3.12. The van der Waals surface area contributed by atoms with Crippen LogP contribution in [0.25, 0.3) is 0 Å². The minimum atomic E-state index is -0.562. The molecule has 0 aromatic heterocycles. The molecule has 2 amide bonds. The van der Waals surface area contributed by atoms with Crippen molar-refractivity contribution in [3.05, 3.63) is 59.7 Å². The van der Waals surface area contributed by atoms with Gasteiger partial charge in [0.05, 0.1) is 5.69 Å². The number of hydrogen-bond acceptors (Lipinski definition) is 4. The molecule has 1 atom stereocenters. The maximum atomic E-state index is 12.5. The van der Waals surface area contributed by atoms with E-state index in [1.54, 1.807) is 30.0 Å². The summed E-state index contributed by atoms with van der Waals surface area (Å²) in [6.07, 6.45) is -0.562. The van der Waals surface area contributed by atoms with Crippen molar-refractivity contribution in [3.63, 3.8) is 0 Å². The molecule has 1 heterocycles. The Morgan fingerprint density at radius 3 is 2.72 bits per heavy atom. The summed E-state index contributed by atoms with van der Waals surface area (Å²) in [5.41, 5.74) is 4.07. The van der Waals surface area contributed by atoms with E-state index >= 15 is 0 Å². The number of aryl methyl sites for hydroxylation is 2. The van der Waals surface area contributed by atoms with E-state index in [4.69, 9.17) is 9.47 Å². The topological polar surface area (TPSA) is 67.9 Å². The van der Waals surface area contributed by atoms with E-state index in [1.807, 2.05) is 39.0 Å². The minimum Gasteiger partial charge on any atom is -0.483 e. The van der Waals surface area contributed by atoms with E-state index in [-0.39, 0.29) is 18.4 Å². The molecular weight excluding hydrogens is 368 g/mol. The lowest BCUT2D eigenvalue weighted by atomic mass is 10.1. The third-order valence-electron chi connectivity index (χ3n) is 4.58. The Balaban J connectivity index is 1.72. The second-order valence-electron chi connectivity index (χ2n) is 7.43. The van der Waals surface area contributed by atoms with Gasteiger partial charge in [-0.15, -0.1) is 0 Å². The Kier molecular flexibility index (Phi) is 5.92. The molecule has 0 bridgehead atoms. The van der Waals surface area contributed by atoms with Crippen molar-refractivity contribution in [1.82, 2.24) is 0 Å². The maximum absolute atomic E-state index is 12.5. The first kappa shape index (κ1) is 20.5. The van der Waals surface area contributed by atoms with E-state index in [9.17, 15) is 9.59 Å². The van der Waals surface area contributed by atoms with Crippen LogP contribution in [-0.2, 0) is 9.59 Å². The van der Waals surface area contributed by atoms with Crippen LogP contribution >= 0.6 is 0 Å². The SMILES string of the molecule is C=C(C)CN1C(=O)C(C)Oc2ccc(NC(=O)COc3cc(C)ccc3C)cc21. The molecule has 0 aliphatic carbocycles. The largest absolute Gasteiger partial charge is 0.483 e. The van der Waals surface area contributed by atoms with Gasteiger partial charge in [0, 0.05) is 12.2 Å². The molecule has 1 aliphatic heterocycles. The number of carbonyl (C=O) groups is 2. The summed E-state index contributed by atoms with van der Waals surface area (Å²) >= 11 is 0. The summed E-state index contributed by atoms with van der Waals surface area (Å²) < 4.78 is 11.3. The molecule has 29 heavy (non-hydrogen) atoms. The van der Waals surface area contributed by atoms with Gasteiger partial charge >= 0.3 is 0 Å². The van der Waals surface area contributed by atoms with Gasteiger partial charge in [0.2, 0.25) is 0 Å². The highest BCUT2D eigenvalue weighted by Gasteiger charge is 2.31. The fourth-order valence-corrected chi connectivity index (χ4v) is 3.12. The highest BCUT2D eigenvalue weighted by molar-refractivity contribution is 6.01. The predicted molar refractivity (Wildman–Crippen MR) is 114 cm³/mol. The lowest BCUT2D eigenvalue weighted by molar-refractivity contribution is -0.125. The molecule has 2 aromatic rings. The fraction of sp³-hybridized carbons (Fsp3) is 0.304. The van der Waals surface area contributed by atoms with Crippen molar-refractivity contribution in [2.45, 2.75) is 33.8 Å². The van der Waals surface area contributed by atoms with Crippen LogP contribution in [-0.4, -0.2) is 31.1 Å². The van der Waals surface area contributed by atoms with E-state index < -0.39 is 6.10 Å². The molecule has 6 heteroatoms. The van der Waals surface area contributed by atoms with Crippen LogP contribution in [0, 0.1) is 13.8 Å². The Morgan fingerprint density at radius 1 is 1.24 bits per heavy atom. The van der Waals surface area contributed by atoms with Crippen molar-refractivity contribution >= 4 is 23.2 Å². The maximum Gasteiger partial charge on any atom is 0.268 e. The number of benzene rings is 2. The number of carbonyl (C=O) groups excluding carboxylic acids is 2. The van der Waals surface area contributed by atoms with E-state index in [0.29, 0.717) is 29.4 Å². The summed E-state index contributed by atoms with van der Waals surface area (Å²) in [7, 11) is 0. The molecule has 1 unspecified atom stereocenters. The van der Waals surface area contributed by atoms with Crippen LogP contribution in [0.2, 0.25) is 0 Å². The van der Waals surface area contributed by atoms with Crippen LogP contribution in [0.3, 0.4) is 0 Å². The molecule has 0 saturated carbocycles. The van der Waals surface area contributed by atoms with Crippen LogP contribution < -0.4 is 19.7 Å².